The van der Waals surface area contributed by atoms with Crippen LogP contribution in [-0.4, -0.2) is 11.5 Å². The lowest BCUT2D eigenvalue weighted by Gasteiger charge is -2.21. The van der Waals surface area contributed by atoms with Crippen LogP contribution in [0.3, 0.4) is 0 Å². The average Bonchev–Trinajstić information content (AvgIpc) is 2.39. The molecule has 1 fully saturated rings. The number of halogens is 3. The molecule has 19 heavy (non-hydrogen) atoms. The molecule has 1 saturated carbocycles. The highest BCUT2D eigenvalue weighted by atomic mass is 19.4. The van der Waals surface area contributed by atoms with Crippen LogP contribution in [0.1, 0.15) is 44.1 Å². The first-order valence-corrected chi connectivity index (χ1v) is 6.83. The van der Waals surface area contributed by atoms with Gasteiger partial charge in [0.05, 0.1) is 5.56 Å². The van der Waals surface area contributed by atoms with Gasteiger partial charge in [0, 0.05) is 12.7 Å². The maximum atomic E-state index is 12.4. The van der Waals surface area contributed by atoms with Crippen molar-refractivity contribution < 1.29 is 13.2 Å². The Kier molecular flexibility index (Phi) is 4.66. The van der Waals surface area contributed by atoms with E-state index in [1.165, 1.54) is 38.2 Å². The first kappa shape index (κ1) is 14.2. The van der Waals surface area contributed by atoms with Gasteiger partial charge in [-0.25, -0.2) is 4.98 Å². The number of pyridine rings is 1. The van der Waals surface area contributed by atoms with Crippen LogP contribution in [0.2, 0.25) is 0 Å². The van der Waals surface area contributed by atoms with Gasteiger partial charge in [0.1, 0.15) is 5.82 Å². The zero-order valence-electron chi connectivity index (χ0n) is 10.8. The van der Waals surface area contributed by atoms with Crippen LogP contribution in [0.25, 0.3) is 0 Å². The molecule has 1 aromatic heterocycles. The molecular formula is C14H19F3N2. The summed E-state index contributed by atoms with van der Waals surface area (Å²) in [5, 5.41) is 3.09. The van der Waals surface area contributed by atoms with Gasteiger partial charge in [0.25, 0.3) is 0 Å². The van der Waals surface area contributed by atoms with Crippen molar-refractivity contribution in [2.45, 2.75) is 44.7 Å². The minimum absolute atomic E-state index is 0.517. The Labute approximate surface area is 111 Å². The highest BCUT2D eigenvalue weighted by Crippen LogP contribution is 2.29. The molecule has 1 aliphatic rings. The molecule has 0 amide bonds. The molecule has 0 saturated heterocycles. The molecule has 1 aromatic rings. The zero-order chi connectivity index (χ0) is 13.7. The van der Waals surface area contributed by atoms with E-state index in [2.05, 4.69) is 10.3 Å². The predicted molar refractivity (Wildman–Crippen MR) is 68.9 cm³/mol. The molecule has 5 heteroatoms. The van der Waals surface area contributed by atoms with Crippen molar-refractivity contribution >= 4 is 5.82 Å². The third kappa shape index (κ3) is 4.40. The number of anilines is 1. The van der Waals surface area contributed by atoms with Gasteiger partial charge in [-0.1, -0.05) is 32.1 Å². The van der Waals surface area contributed by atoms with E-state index in [1.807, 2.05) is 0 Å². The molecule has 1 aliphatic carbocycles. The second kappa shape index (κ2) is 6.26. The van der Waals surface area contributed by atoms with Crippen molar-refractivity contribution in [3.63, 3.8) is 0 Å². The second-order valence-corrected chi connectivity index (χ2v) is 5.15. The van der Waals surface area contributed by atoms with Gasteiger partial charge in [0.15, 0.2) is 0 Å². The van der Waals surface area contributed by atoms with E-state index in [0.717, 1.165) is 31.1 Å². The van der Waals surface area contributed by atoms with Crippen LogP contribution in [0.15, 0.2) is 18.3 Å². The average molecular weight is 272 g/mol. The first-order valence-electron chi connectivity index (χ1n) is 6.83. The quantitative estimate of drug-likeness (QED) is 0.874. The van der Waals surface area contributed by atoms with Gasteiger partial charge in [0.2, 0.25) is 0 Å². The Morgan fingerprint density at radius 3 is 2.47 bits per heavy atom. The van der Waals surface area contributed by atoms with Gasteiger partial charge in [-0.15, -0.1) is 0 Å². The van der Waals surface area contributed by atoms with Crippen LogP contribution in [0, 0.1) is 5.92 Å². The lowest BCUT2D eigenvalue weighted by atomic mass is 9.87. The molecule has 1 N–H and O–H groups in total. The number of nitrogens with one attached hydrogen (secondary N) is 1. The lowest BCUT2D eigenvalue weighted by molar-refractivity contribution is -0.137. The Bertz CT molecular complexity index is 381. The van der Waals surface area contributed by atoms with Crippen LogP contribution in [0.4, 0.5) is 19.0 Å². The van der Waals surface area contributed by atoms with Crippen molar-refractivity contribution in [1.82, 2.24) is 4.98 Å². The minimum atomic E-state index is -4.31. The van der Waals surface area contributed by atoms with Gasteiger partial charge in [-0.05, 0) is 24.5 Å². The molecule has 2 nitrogen and oxygen atoms in total. The van der Waals surface area contributed by atoms with E-state index >= 15 is 0 Å². The Hall–Kier alpha value is -1.26. The molecule has 0 spiro atoms. The van der Waals surface area contributed by atoms with E-state index in [1.54, 1.807) is 0 Å². The third-order valence-corrected chi connectivity index (χ3v) is 3.67. The van der Waals surface area contributed by atoms with Crippen LogP contribution >= 0.6 is 0 Å². The summed E-state index contributed by atoms with van der Waals surface area (Å²) in [6.07, 6.45) is 4.15. The van der Waals surface area contributed by atoms with Crippen molar-refractivity contribution in [3.05, 3.63) is 23.9 Å². The molecule has 0 aliphatic heterocycles. The van der Waals surface area contributed by atoms with Gasteiger partial charge in [-0.3, -0.25) is 0 Å². The molecule has 0 atom stereocenters. The smallest absolute Gasteiger partial charge is 0.370 e. The van der Waals surface area contributed by atoms with Crippen molar-refractivity contribution in [3.8, 4) is 0 Å². The predicted octanol–water partition coefficient (Wildman–Crippen LogP) is 4.48. The fourth-order valence-corrected chi connectivity index (χ4v) is 2.55. The van der Waals surface area contributed by atoms with E-state index < -0.39 is 11.7 Å². The van der Waals surface area contributed by atoms with E-state index in [0.29, 0.717) is 5.82 Å². The molecule has 1 heterocycles. The van der Waals surface area contributed by atoms with Gasteiger partial charge >= 0.3 is 6.18 Å². The first-order chi connectivity index (χ1) is 9.05. The Morgan fingerprint density at radius 1 is 1.16 bits per heavy atom. The number of hydrogen-bond donors (Lipinski definition) is 1. The summed E-state index contributed by atoms with van der Waals surface area (Å²) >= 11 is 0. The maximum absolute atomic E-state index is 12.4. The number of rotatable bonds is 4. The molecule has 2 rings (SSSR count). The summed E-state index contributed by atoms with van der Waals surface area (Å²) in [6, 6.07) is 2.46. The molecule has 0 radical (unpaired) electrons. The Balaban J connectivity index is 1.76. The SMILES string of the molecule is FC(F)(F)c1ccc(NCCC2CCCCC2)nc1. The van der Waals surface area contributed by atoms with Crippen LogP contribution < -0.4 is 5.32 Å². The highest BCUT2D eigenvalue weighted by molar-refractivity contribution is 5.35. The monoisotopic (exact) mass is 272 g/mol. The minimum Gasteiger partial charge on any atom is -0.370 e. The van der Waals surface area contributed by atoms with Crippen LogP contribution in [0.5, 0.6) is 0 Å². The molecule has 0 bridgehead atoms. The second-order valence-electron chi connectivity index (χ2n) is 5.15. The fraction of sp³-hybridized carbons (Fsp3) is 0.643. The molecular weight excluding hydrogens is 253 g/mol. The maximum Gasteiger partial charge on any atom is 0.417 e. The van der Waals surface area contributed by atoms with Crippen molar-refractivity contribution in [2.24, 2.45) is 5.92 Å². The van der Waals surface area contributed by atoms with E-state index in [9.17, 15) is 13.2 Å². The van der Waals surface area contributed by atoms with Crippen molar-refractivity contribution in [1.29, 1.82) is 0 Å². The van der Waals surface area contributed by atoms with E-state index in [-0.39, 0.29) is 0 Å². The summed E-state index contributed by atoms with van der Waals surface area (Å²) in [4.78, 5) is 3.80. The van der Waals surface area contributed by atoms with Gasteiger partial charge < -0.3 is 5.32 Å². The molecule has 0 aromatic carbocycles. The summed E-state index contributed by atoms with van der Waals surface area (Å²) < 4.78 is 37.1. The summed E-state index contributed by atoms with van der Waals surface area (Å²) in [5.74, 6) is 1.28. The summed E-state index contributed by atoms with van der Waals surface area (Å²) in [7, 11) is 0. The molecule has 106 valence electrons. The normalized spacial score (nSPS) is 17.4. The summed E-state index contributed by atoms with van der Waals surface area (Å²) in [6.45, 7) is 0.781. The topological polar surface area (TPSA) is 24.9 Å². The van der Waals surface area contributed by atoms with Crippen LogP contribution in [-0.2, 0) is 6.18 Å². The zero-order valence-corrected chi connectivity index (χ0v) is 10.8. The molecule has 0 unspecified atom stereocenters. The number of nitrogens with zero attached hydrogens (tertiary/aromatic N) is 1. The fourth-order valence-electron chi connectivity index (χ4n) is 2.55. The van der Waals surface area contributed by atoms with Crippen molar-refractivity contribution in [2.75, 3.05) is 11.9 Å². The number of hydrogen-bond acceptors (Lipinski definition) is 2. The highest BCUT2D eigenvalue weighted by Gasteiger charge is 2.30. The third-order valence-electron chi connectivity index (χ3n) is 3.67. The van der Waals surface area contributed by atoms with Gasteiger partial charge in [-0.2, -0.15) is 13.2 Å². The standard InChI is InChI=1S/C14H19F3N2/c15-14(16,17)12-6-7-13(19-10-12)18-9-8-11-4-2-1-3-5-11/h6-7,10-11H,1-5,8-9H2,(H,18,19). The largest absolute Gasteiger partial charge is 0.417 e. The van der Waals surface area contributed by atoms with E-state index in [4.69, 9.17) is 0 Å². The Morgan fingerprint density at radius 2 is 1.89 bits per heavy atom. The summed E-state index contributed by atoms with van der Waals surface area (Å²) in [5.41, 5.74) is -0.703. The number of aromatic nitrogens is 1. The lowest BCUT2D eigenvalue weighted by Crippen LogP contribution is -2.13. The number of alkyl halides is 3.